The van der Waals surface area contributed by atoms with Gasteiger partial charge in [0, 0.05) is 0 Å². The molecule has 0 atom stereocenters. The molecule has 0 aromatic rings. The zero-order valence-corrected chi connectivity index (χ0v) is 13.9. The molecule has 15 heavy (non-hydrogen) atoms. The van der Waals surface area contributed by atoms with Gasteiger partial charge in [0.15, 0.2) is 0 Å². The summed E-state index contributed by atoms with van der Waals surface area (Å²) in [4.78, 5) is 0. The van der Waals surface area contributed by atoms with E-state index in [9.17, 15) is 7.00 Å². The molecule has 0 aromatic heterocycles. The fraction of sp³-hybridized carbons (Fsp3) is 0.500. The molecular formula is C8H15F2GeO3Zr. The van der Waals surface area contributed by atoms with Crippen LogP contribution in [0, 0.1) is 0 Å². The Balaban J connectivity index is 3.26. The van der Waals surface area contributed by atoms with Crippen LogP contribution in [0.1, 0.15) is 6.42 Å². The molecule has 0 unspecified atom stereocenters. The van der Waals surface area contributed by atoms with E-state index < -0.39 is 29.1 Å². The first-order valence-corrected chi connectivity index (χ1v) is 19.2. The van der Waals surface area contributed by atoms with Gasteiger partial charge in [-0.3, -0.25) is 0 Å². The van der Waals surface area contributed by atoms with Crippen molar-refractivity contribution >= 4 is 11.5 Å². The van der Waals surface area contributed by atoms with Gasteiger partial charge >= 0.3 is 93.8 Å². The molecular weight excluding hydrogens is 346 g/mol. The zero-order chi connectivity index (χ0) is 11.6. The Morgan fingerprint density at radius 3 is 2.00 bits per heavy atom. The summed E-state index contributed by atoms with van der Waals surface area (Å²) in [5.74, 6) is 0. The topological polar surface area (TPSA) is 27.7 Å². The van der Waals surface area contributed by atoms with Gasteiger partial charge in [-0.2, -0.15) is 0 Å². The molecule has 0 fully saturated rings. The molecule has 0 saturated heterocycles. The fourth-order valence-corrected chi connectivity index (χ4v) is 21.9. The van der Waals surface area contributed by atoms with Crippen molar-refractivity contribution < 1.29 is 33.0 Å². The Labute approximate surface area is 93.3 Å². The van der Waals surface area contributed by atoms with Crippen molar-refractivity contribution in [3.63, 3.8) is 0 Å². The van der Waals surface area contributed by atoms with Crippen molar-refractivity contribution in [2.24, 2.45) is 0 Å². The molecule has 7 heteroatoms. The second-order valence-electron chi connectivity index (χ2n) is 3.29. The number of rotatable bonds is 5. The van der Waals surface area contributed by atoms with Crippen LogP contribution in [0.2, 0.25) is 0 Å². The monoisotopic (exact) mass is 361 g/mol. The van der Waals surface area contributed by atoms with Crippen molar-refractivity contribution in [3.8, 4) is 0 Å². The molecule has 0 aromatic carbocycles. The maximum atomic E-state index is 13.5. The predicted octanol–water partition coefficient (Wildman–Crippen LogP) is 1.86. The second-order valence-corrected chi connectivity index (χ2v) is 32.3. The Bertz CT molecular complexity index is 291. The van der Waals surface area contributed by atoms with E-state index in [4.69, 9.17) is 8.44 Å². The van der Waals surface area contributed by atoms with E-state index in [1.807, 2.05) is 6.08 Å². The summed E-state index contributed by atoms with van der Waals surface area (Å²) in [6.45, 7) is 0. The van der Waals surface area contributed by atoms with Crippen molar-refractivity contribution in [2.75, 3.05) is 21.3 Å². The van der Waals surface area contributed by atoms with Crippen LogP contribution in [-0.2, 0) is 26.0 Å². The van der Waals surface area contributed by atoms with E-state index in [0.29, 0.717) is 9.70 Å². The molecule has 0 spiro atoms. The number of hydrogen-bond donors (Lipinski definition) is 0. The minimum atomic E-state index is -5.24. The number of halogens is 2. The van der Waals surface area contributed by atoms with Gasteiger partial charge in [0.25, 0.3) is 0 Å². The number of hydrogen-bond acceptors (Lipinski definition) is 3. The summed E-state index contributed by atoms with van der Waals surface area (Å²) in [7, 11) is 3.82. The molecule has 87 valence electrons. The van der Waals surface area contributed by atoms with E-state index in [1.165, 1.54) is 21.3 Å². The standard InChI is InChI=1S/C5H5.3CH3O.F2GeH.Zr/c1-2-4-5-3-1;3*1-2;1-3-2;/h1-3H,4H2;3*1H3;3H;/q;3*-1;;+3. The Morgan fingerprint density at radius 1 is 1.20 bits per heavy atom. The van der Waals surface area contributed by atoms with Crippen LogP contribution in [0.3, 0.4) is 0 Å². The maximum absolute atomic E-state index is 13.5. The Kier molecular flexibility index (Phi) is 4.46. The fourth-order valence-electron chi connectivity index (χ4n) is 1.83. The number of allylic oxidation sites excluding steroid dienone is 4. The molecule has 0 aliphatic heterocycles. The van der Waals surface area contributed by atoms with E-state index >= 15 is 0 Å². The van der Waals surface area contributed by atoms with Crippen LogP contribution in [0.25, 0.3) is 0 Å². The summed E-state index contributed by atoms with van der Waals surface area (Å²) in [6.07, 6.45) is 5.66. The summed E-state index contributed by atoms with van der Waals surface area (Å²) in [5.41, 5.74) is 0. The Hall–Kier alpha value is 0.646. The first-order chi connectivity index (χ1) is 7.06. The average molecular weight is 361 g/mol. The summed E-state index contributed by atoms with van der Waals surface area (Å²) in [6, 6.07) is 0. The van der Waals surface area contributed by atoms with Gasteiger partial charge in [0.1, 0.15) is 0 Å². The van der Waals surface area contributed by atoms with Crippen LogP contribution in [0.5, 0.6) is 0 Å². The Morgan fingerprint density at radius 2 is 1.73 bits per heavy atom. The molecule has 0 N–H and O–H groups in total. The van der Waals surface area contributed by atoms with Crippen LogP contribution >= 0.6 is 0 Å². The minimum absolute atomic E-state index is 0.455. The zero-order valence-electron chi connectivity index (χ0n) is 9.00. The third-order valence-corrected chi connectivity index (χ3v) is 36.9. The molecule has 3 nitrogen and oxygen atoms in total. The van der Waals surface area contributed by atoms with Crippen LogP contribution in [0.15, 0.2) is 21.5 Å². The molecule has 0 heterocycles. The van der Waals surface area contributed by atoms with E-state index in [1.54, 1.807) is 12.2 Å². The van der Waals surface area contributed by atoms with Crippen molar-refractivity contribution in [1.29, 1.82) is 0 Å². The molecule has 1 rings (SSSR count). The third-order valence-electron chi connectivity index (χ3n) is 2.89. The second kappa shape index (κ2) is 4.88. The molecule has 0 saturated carbocycles. The van der Waals surface area contributed by atoms with Gasteiger partial charge in [-0.15, -0.1) is 0 Å². The quantitative estimate of drug-likeness (QED) is 0.700. The van der Waals surface area contributed by atoms with Gasteiger partial charge in [-0.1, -0.05) is 0 Å². The molecule has 0 amide bonds. The van der Waals surface area contributed by atoms with Crippen LogP contribution in [-0.4, -0.2) is 32.8 Å². The summed E-state index contributed by atoms with van der Waals surface area (Å²) >= 11 is -9.92. The van der Waals surface area contributed by atoms with Crippen molar-refractivity contribution in [2.45, 2.75) is 6.42 Å². The van der Waals surface area contributed by atoms with E-state index in [2.05, 4.69) is 0 Å². The van der Waals surface area contributed by atoms with E-state index in [-0.39, 0.29) is 0 Å². The van der Waals surface area contributed by atoms with Gasteiger partial charge in [0.05, 0.1) is 0 Å². The average Bonchev–Trinajstić information content (AvgIpc) is 2.76. The normalized spacial score (nSPS) is 19.1. The summed E-state index contributed by atoms with van der Waals surface area (Å²) < 4.78 is 43.0. The first kappa shape index (κ1) is 13.7. The van der Waals surface area contributed by atoms with Crippen molar-refractivity contribution in [1.82, 2.24) is 0 Å². The van der Waals surface area contributed by atoms with Crippen LogP contribution < -0.4 is 0 Å². The van der Waals surface area contributed by atoms with Gasteiger partial charge in [-0.05, 0) is 0 Å². The third kappa shape index (κ3) is 1.84. The molecule has 0 bridgehead atoms. The van der Waals surface area contributed by atoms with E-state index in [0.717, 1.165) is 0 Å². The van der Waals surface area contributed by atoms with Gasteiger partial charge in [0.2, 0.25) is 0 Å². The predicted molar refractivity (Wildman–Crippen MR) is 52.2 cm³/mol. The van der Waals surface area contributed by atoms with Gasteiger partial charge < -0.3 is 0 Å². The van der Waals surface area contributed by atoms with Gasteiger partial charge in [-0.25, -0.2) is 0 Å². The summed E-state index contributed by atoms with van der Waals surface area (Å²) in [5, 5.41) is 0. The first-order valence-electron chi connectivity index (χ1n) is 4.53. The molecule has 1 aliphatic rings. The van der Waals surface area contributed by atoms with Crippen molar-refractivity contribution in [3.05, 3.63) is 21.5 Å². The molecule has 1 aliphatic carbocycles. The SMILES string of the molecule is C[O][Zr]([O]C)([O]C)([C]1=CC=CC1)[GeH]([F])[F]. The van der Waals surface area contributed by atoms with Crippen LogP contribution in [0.4, 0.5) is 7.00 Å². The molecule has 0 radical (unpaired) electrons.